The van der Waals surface area contributed by atoms with Crippen molar-refractivity contribution in [2.24, 2.45) is 0 Å². The van der Waals surface area contributed by atoms with Crippen molar-refractivity contribution in [3.8, 4) is 0 Å². The maximum Gasteiger partial charge on any atom is 0.244 e. The number of thiophene rings is 1. The maximum atomic E-state index is 12.2. The molecule has 7 heteroatoms. The third-order valence-corrected chi connectivity index (χ3v) is 4.04. The van der Waals surface area contributed by atoms with E-state index in [4.69, 9.17) is 0 Å². The number of amides is 1. The quantitative estimate of drug-likeness (QED) is 0.857. The Morgan fingerprint density at radius 3 is 2.86 bits per heavy atom. The Bertz CT molecular complexity index is 627. The summed E-state index contributed by atoms with van der Waals surface area (Å²) in [5, 5.41) is 9.25. The predicted molar refractivity (Wildman–Crippen MR) is 88.0 cm³/mol. The number of anilines is 2. The van der Waals surface area contributed by atoms with E-state index in [2.05, 4.69) is 20.6 Å². The van der Waals surface area contributed by atoms with Crippen LogP contribution in [0, 0.1) is 0 Å². The molecular formula is C14H21N5OS. The van der Waals surface area contributed by atoms with Crippen LogP contribution in [-0.2, 0) is 4.79 Å². The summed E-state index contributed by atoms with van der Waals surface area (Å²) >= 11 is 1.56. The van der Waals surface area contributed by atoms with Crippen LogP contribution in [-0.4, -0.2) is 47.0 Å². The highest BCUT2D eigenvalue weighted by molar-refractivity contribution is 7.16. The van der Waals surface area contributed by atoms with Crippen molar-refractivity contribution >= 4 is 39.2 Å². The van der Waals surface area contributed by atoms with Gasteiger partial charge < -0.3 is 15.5 Å². The van der Waals surface area contributed by atoms with Gasteiger partial charge in [0.15, 0.2) is 0 Å². The van der Waals surface area contributed by atoms with E-state index in [1.165, 1.54) is 0 Å². The number of hydrogen-bond acceptors (Lipinski definition) is 6. The van der Waals surface area contributed by atoms with Crippen LogP contribution < -0.4 is 10.6 Å². The highest BCUT2D eigenvalue weighted by atomic mass is 32.1. The molecule has 0 saturated heterocycles. The highest BCUT2D eigenvalue weighted by Crippen LogP contribution is 2.27. The molecule has 2 aromatic heterocycles. The van der Waals surface area contributed by atoms with Gasteiger partial charge in [-0.25, -0.2) is 4.98 Å². The zero-order valence-electron chi connectivity index (χ0n) is 12.8. The van der Waals surface area contributed by atoms with Gasteiger partial charge in [-0.2, -0.15) is 4.98 Å². The lowest BCUT2D eigenvalue weighted by Gasteiger charge is -2.21. The number of fused-ring (bicyclic) bond motifs is 1. The Labute approximate surface area is 128 Å². The first-order valence-electron chi connectivity index (χ1n) is 7.07. The zero-order valence-corrected chi connectivity index (χ0v) is 13.6. The number of likely N-dealkylation sites (N-methyl/N-ethyl adjacent to an activating group) is 1. The van der Waals surface area contributed by atoms with E-state index in [1.807, 2.05) is 32.2 Å². The molecule has 0 aliphatic heterocycles. The van der Waals surface area contributed by atoms with Crippen LogP contribution in [0.3, 0.4) is 0 Å². The van der Waals surface area contributed by atoms with Gasteiger partial charge in [-0.05, 0) is 32.2 Å². The molecule has 0 aliphatic carbocycles. The van der Waals surface area contributed by atoms with Crippen molar-refractivity contribution in [3.05, 3.63) is 11.4 Å². The third-order valence-electron chi connectivity index (χ3n) is 3.23. The number of carbonyl (C=O) groups is 1. The van der Waals surface area contributed by atoms with E-state index in [0.29, 0.717) is 18.3 Å². The molecule has 2 N–H and O–H groups in total. The maximum absolute atomic E-state index is 12.2. The molecule has 0 aliphatic rings. The fraction of sp³-hybridized carbons (Fsp3) is 0.500. The normalized spacial score (nSPS) is 12.2. The summed E-state index contributed by atoms with van der Waals surface area (Å²) in [6.45, 7) is 7.24. The average molecular weight is 307 g/mol. The zero-order chi connectivity index (χ0) is 15.4. The van der Waals surface area contributed by atoms with Crippen LogP contribution in [0.5, 0.6) is 0 Å². The Morgan fingerprint density at radius 1 is 1.43 bits per heavy atom. The summed E-state index contributed by atoms with van der Waals surface area (Å²) in [6.07, 6.45) is 0. The predicted octanol–water partition coefficient (Wildman–Crippen LogP) is 2.40. The summed E-state index contributed by atoms with van der Waals surface area (Å²) < 4.78 is 0. The SMILES string of the molecule is CCNc1nc(NC(C)C(=O)N(C)CC)c2ccsc2n1. The summed E-state index contributed by atoms with van der Waals surface area (Å²) in [6, 6.07) is 1.64. The lowest BCUT2D eigenvalue weighted by molar-refractivity contribution is -0.130. The van der Waals surface area contributed by atoms with Crippen LogP contribution in [0.25, 0.3) is 10.2 Å². The van der Waals surface area contributed by atoms with Crippen LogP contribution in [0.2, 0.25) is 0 Å². The number of nitrogens with zero attached hydrogens (tertiary/aromatic N) is 3. The Balaban J connectivity index is 2.28. The van der Waals surface area contributed by atoms with Gasteiger partial charge in [0.25, 0.3) is 0 Å². The minimum Gasteiger partial charge on any atom is -0.358 e. The second kappa shape index (κ2) is 6.71. The first-order valence-corrected chi connectivity index (χ1v) is 7.95. The first-order chi connectivity index (χ1) is 10.1. The van der Waals surface area contributed by atoms with Crippen LogP contribution in [0.15, 0.2) is 11.4 Å². The summed E-state index contributed by atoms with van der Waals surface area (Å²) in [5.41, 5.74) is 0. The third kappa shape index (κ3) is 3.41. The van der Waals surface area contributed by atoms with Crippen molar-refractivity contribution in [2.45, 2.75) is 26.8 Å². The molecule has 0 fully saturated rings. The van der Waals surface area contributed by atoms with E-state index >= 15 is 0 Å². The summed E-state index contributed by atoms with van der Waals surface area (Å²) in [5.74, 6) is 1.32. The van der Waals surface area contributed by atoms with Gasteiger partial charge in [-0.15, -0.1) is 11.3 Å². The second-order valence-corrected chi connectivity index (χ2v) is 5.68. The molecule has 0 radical (unpaired) electrons. The molecule has 1 unspecified atom stereocenters. The van der Waals surface area contributed by atoms with E-state index in [9.17, 15) is 4.79 Å². The highest BCUT2D eigenvalue weighted by Gasteiger charge is 2.18. The first kappa shape index (κ1) is 15.5. The van der Waals surface area contributed by atoms with Gasteiger partial charge in [0.1, 0.15) is 16.7 Å². The van der Waals surface area contributed by atoms with Gasteiger partial charge in [0, 0.05) is 20.1 Å². The lowest BCUT2D eigenvalue weighted by Crippen LogP contribution is -2.39. The average Bonchev–Trinajstić information content (AvgIpc) is 2.94. The van der Waals surface area contributed by atoms with Gasteiger partial charge in [-0.1, -0.05) is 0 Å². The van der Waals surface area contributed by atoms with Crippen molar-refractivity contribution < 1.29 is 4.79 Å². The van der Waals surface area contributed by atoms with Gasteiger partial charge in [0.2, 0.25) is 11.9 Å². The second-order valence-electron chi connectivity index (χ2n) is 4.78. The molecule has 21 heavy (non-hydrogen) atoms. The Kier molecular flexibility index (Phi) is 4.95. The molecule has 0 bridgehead atoms. The molecule has 1 amide bonds. The van der Waals surface area contributed by atoms with Gasteiger partial charge >= 0.3 is 0 Å². The molecule has 6 nitrogen and oxygen atoms in total. The minimum absolute atomic E-state index is 0.0458. The molecule has 0 spiro atoms. The van der Waals surface area contributed by atoms with E-state index < -0.39 is 0 Å². The lowest BCUT2D eigenvalue weighted by atomic mass is 10.2. The fourth-order valence-corrected chi connectivity index (χ4v) is 2.72. The van der Waals surface area contributed by atoms with Crippen LogP contribution in [0.1, 0.15) is 20.8 Å². The Hall–Kier alpha value is -1.89. The number of aromatic nitrogens is 2. The van der Waals surface area contributed by atoms with Crippen molar-refractivity contribution in [3.63, 3.8) is 0 Å². The molecular weight excluding hydrogens is 286 g/mol. The number of rotatable bonds is 6. The number of hydrogen-bond donors (Lipinski definition) is 2. The molecule has 2 aromatic rings. The molecule has 2 heterocycles. The van der Waals surface area contributed by atoms with Crippen molar-refractivity contribution in [1.82, 2.24) is 14.9 Å². The standard InChI is InChI=1S/C14H21N5OS/c1-5-15-14-17-11(10-7-8-21-12(10)18-14)16-9(3)13(20)19(4)6-2/h7-9H,5-6H2,1-4H3,(H2,15,16,17,18). The molecule has 2 rings (SSSR count). The Morgan fingerprint density at radius 2 is 2.19 bits per heavy atom. The van der Waals surface area contributed by atoms with Gasteiger partial charge in [0.05, 0.1) is 5.39 Å². The van der Waals surface area contributed by atoms with E-state index in [1.54, 1.807) is 23.3 Å². The fourth-order valence-electron chi connectivity index (χ4n) is 1.96. The van der Waals surface area contributed by atoms with Crippen molar-refractivity contribution in [1.29, 1.82) is 0 Å². The number of carbonyl (C=O) groups excluding carboxylic acids is 1. The summed E-state index contributed by atoms with van der Waals surface area (Å²) in [4.78, 5) is 23.7. The smallest absolute Gasteiger partial charge is 0.244 e. The van der Waals surface area contributed by atoms with E-state index in [0.717, 1.165) is 16.8 Å². The van der Waals surface area contributed by atoms with E-state index in [-0.39, 0.29) is 11.9 Å². The van der Waals surface area contributed by atoms with Crippen LogP contribution >= 0.6 is 11.3 Å². The molecule has 1 atom stereocenters. The molecule has 0 saturated carbocycles. The monoisotopic (exact) mass is 307 g/mol. The molecule has 114 valence electrons. The summed E-state index contributed by atoms with van der Waals surface area (Å²) in [7, 11) is 1.80. The van der Waals surface area contributed by atoms with Gasteiger partial charge in [-0.3, -0.25) is 4.79 Å². The van der Waals surface area contributed by atoms with Crippen molar-refractivity contribution in [2.75, 3.05) is 30.8 Å². The number of nitrogens with one attached hydrogen (secondary N) is 2. The molecule has 0 aromatic carbocycles. The largest absolute Gasteiger partial charge is 0.358 e. The minimum atomic E-state index is -0.331. The topological polar surface area (TPSA) is 70.2 Å². The van der Waals surface area contributed by atoms with Crippen LogP contribution in [0.4, 0.5) is 11.8 Å².